The molecule has 2 nitrogen and oxygen atoms in total. The van der Waals surface area contributed by atoms with Crippen molar-refractivity contribution in [3.05, 3.63) is 22.4 Å². The Bertz CT molecular complexity index is 211. The van der Waals surface area contributed by atoms with Crippen LogP contribution < -0.4 is 5.32 Å². The second-order valence-corrected chi connectivity index (χ2v) is 3.66. The van der Waals surface area contributed by atoms with Gasteiger partial charge in [0.25, 0.3) is 0 Å². The minimum absolute atomic E-state index is 0.442. The predicted molar refractivity (Wildman–Crippen MR) is 57.2 cm³/mol. The van der Waals surface area contributed by atoms with E-state index in [2.05, 4.69) is 22.1 Å². The number of rotatable bonds is 6. The molecule has 0 aliphatic carbocycles. The highest BCUT2D eigenvalue weighted by atomic mass is 32.1. The van der Waals surface area contributed by atoms with Gasteiger partial charge in [0.2, 0.25) is 0 Å². The molecule has 0 aliphatic heterocycles. The number of ether oxygens (including phenoxy) is 1. The molecule has 74 valence electrons. The van der Waals surface area contributed by atoms with Crippen molar-refractivity contribution in [3.63, 3.8) is 0 Å². The fourth-order valence-corrected chi connectivity index (χ4v) is 2.01. The quantitative estimate of drug-likeness (QED) is 0.710. The largest absolute Gasteiger partial charge is 0.382 e. The fraction of sp³-hybridized carbons (Fsp3) is 0.600. The summed E-state index contributed by atoms with van der Waals surface area (Å²) < 4.78 is 5.33. The minimum atomic E-state index is 0.442. The minimum Gasteiger partial charge on any atom is -0.382 e. The first-order valence-electron chi connectivity index (χ1n) is 4.65. The summed E-state index contributed by atoms with van der Waals surface area (Å²) in [6.07, 6.45) is 1.04. The van der Waals surface area contributed by atoms with Crippen molar-refractivity contribution in [1.82, 2.24) is 5.32 Å². The second kappa shape index (κ2) is 6.13. The molecule has 0 aromatic carbocycles. The average Bonchev–Trinajstić information content (AvgIpc) is 2.65. The van der Waals surface area contributed by atoms with Crippen LogP contribution in [-0.4, -0.2) is 20.3 Å². The Kier molecular flexibility index (Phi) is 5.05. The zero-order valence-electron chi connectivity index (χ0n) is 8.25. The Hall–Kier alpha value is -0.380. The highest BCUT2D eigenvalue weighted by molar-refractivity contribution is 7.07. The molecule has 0 amide bonds. The maximum Gasteiger partial charge on any atom is 0.0484 e. The van der Waals surface area contributed by atoms with Gasteiger partial charge >= 0.3 is 0 Å². The Morgan fingerprint density at radius 3 is 3.00 bits per heavy atom. The van der Waals surface area contributed by atoms with Crippen LogP contribution in [0, 0.1) is 0 Å². The second-order valence-electron chi connectivity index (χ2n) is 2.88. The summed E-state index contributed by atoms with van der Waals surface area (Å²) in [6.45, 7) is 3.66. The molecule has 1 unspecified atom stereocenters. The smallest absolute Gasteiger partial charge is 0.0484 e. The Labute approximate surface area is 83.9 Å². The summed E-state index contributed by atoms with van der Waals surface area (Å²) in [6, 6.07) is 2.61. The van der Waals surface area contributed by atoms with E-state index < -0.39 is 0 Å². The van der Waals surface area contributed by atoms with Gasteiger partial charge in [0.1, 0.15) is 0 Å². The van der Waals surface area contributed by atoms with Crippen LogP contribution in [0.15, 0.2) is 16.8 Å². The third-order valence-electron chi connectivity index (χ3n) is 2.05. The van der Waals surface area contributed by atoms with Gasteiger partial charge in [-0.25, -0.2) is 0 Å². The van der Waals surface area contributed by atoms with Crippen molar-refractivity contribution in [2.75, 3.05) is 20.3 Å². The molecule has 0 radical (unpaired) electrons. The van der Waals surface area contributed by atoms with E-state index in [0.717, 1.165) is 19.6 Å². The maximum absolute atomic E-state index is 5.33. The van der Waals surface area contributed by atoms with E-state index in [4.69, 9.17) is 4.74 Å². The lowest BCUT2D eigenvalue weighted by molar-refractivity contribution is 0.137. The van der Waals surface area contributed by atoms with Gasteiger partial charge in [-0.05, 0) is 42.8 Å². The summed E-state index contributed by atoms with van der Waals surface area (Å²) in [5.41, 5.74) is 1.37. The Morgan fingerprint density at radius 1 is 1.62 bits per heavy atom. The number of nitrogens with one attached hydrogen (secondary N) is 1. The zero-order chi connectivity index (χ0) is 9.52. The molecule has 1 aromatic rings. The molecule has 1 aromatic heterocycles. The normalized spacial score (nSPS) is 13.1. The van der Waals surface area contributed by atoms with Crippen LogP contribution in [0.5, 0.6) is 0 Å². The van der Waals surface area contributed by atoms with Crippen LogP contribution >= 0.6 is 11.3 Å². The number of thiophene rings is 1. The van der Waals surface area contributed by atoms with Gasteiger partial charge in [0, 0.05) is 19.3 Å². The van der Waals surface area contributed by atoms with Gasteiger partial charge in [-0.2, -0.15) is 11.3 Å². The molecule has 0 fully saturated rings. The highest BCUT2D eigenvalue weighted by Gasteiger charge is 2.08. The van der Waals surface area contributed by atoms with Crippen molar-refractivity contribution in [1.29, 1.82) is 0 Å². The molecule has 1 heterocycles. The summed E-state index contributed by atoms with van der Waals surface area (Å²) in [5.74, 6) is 0. The molecule has 3 heteroatoms. The predicted octanol–water partition coefficient (Wildman–Crippen LogP) is 2.44. The summed E-state index contributed by atoms with van der Waals surface area (Å²) in [5, 5.41) is 7.59. The van der Waals surface area contributed by atoms with Crippen molar-refractivity contribution >= 4 is 11.3 Å². The van der Waals surface area contributed by atoms with E-state index in [-0.39, 0.29) is 0 Å². The topological polar surface area (TPSA) is 21.3 Å². The SMILES string of the molecule is CCOCCC(NC)c1ccsc1. The first kappa shape index (κ1) is 10.7. The van der Waals surface area contributed by atoms with Crippen LogP contribution in [0.3, 0.4) is 0 Å². The molecule has 0 saturated heterocycles. The zero-order valence-corrected chi connectivity index (χ0v) is 9.06. The molecule has 0 saturated carbocycles. The summed E-state index contributed by atoms with van der Waals surface area (Å²) >= 11 is 1.74. The van der Waals surface area contributed by atoms with Crippen molar-refractivity contribution in [2.24, 2.45) is 0 Å². The Balaban J connectivity index is 2.35. The van der Waals surface area contributed by atoms with E-state index in [1.807, 2.05) is 14.0 Å². The van der Waals surface area contributed by atoms with Crippen LogP contribution in [0.2, 0.25) is 0 Å². The summed E-state index contributed by atoms with van der Waals surface area (Å²) in [4.78, 5) is 0. The first-order valence-corrected chi connectivity index (χ1v) is 5.59. The van der Waals surface area contributed by atoms with E-state index in [0.29, 0.717) is 6.04 Å². The number of hydrogen-bond acceptors (Lipinski definition) is 3. The molecular weight excluding hydrogens is 182 g/mol. The van der Waals surface area contributed by atoms with Gasteiger partial charge in [-0.3, -0.25) is 0 Å². The van der Waals surface area contributed by atoms with Gasteiger partial charge in [0.05, 0.1) is 0 Å². The van der Waals surface area contributed by atoms with Gasteiger partial charge in [-0.1, -0.05) is 0 Å². The van der Waals surface area contributed by atoms with E-state index in [1.165, 1.54) is 5.56 Å². The van der Waals surface area contributed by atoms with Crippen molar-refractivity contribution < 1.29 is 4.74 Å². The standard InChI is InChI=1S/C10H17NOS/c1-3-12-6-4-10(11-2)9-5-7-13-8-9/h5,7-8,10-11H,3-4,6H2,1-2H3. The van der Waals surface area contributed by atoms with Crippen LogP contribution in [0.1, 0.15) is 24.9 Å². The van der Waals surface area contributed by atoms with Gasteiger partial charge < -0.3 is 10.1 Å². The van der Waals surface area contributed by atoms with Gasteiger partial charge in [-0.15, -0.1) is 0 Å². The third-order valence-corrected chi connectivity index (χ3v) is 2.75. The Morgan fingerprint density at radius 2 is 2.46 bits per heavy atom. The molecule has 1 atom stereocenters. The maximum atomic E-state index is 5.33. The average molecular weight is 199 g/mol. The third kappa shape index (κ3) is 3.46. The lowest BCUT2D eigenvalue weighted by atomic mass is 10.1. The van der Waals surface area contributed by atoms with Crippen LogP contribution in [0.25, 0.3) is 0 Å². The van der Waals surface area contributed by atoms with Crippen molar-refractivity contribution in [3.8, 4) is 0 Å². The monoisotopic (exact) mass is 199 g/mol. The van der Waals surface area contributed by atoms with Crippen LogP contribution in [-0.2, 0) is 4.74 Å². The van der Waals surface area contributed by atoms with Gasteiger partial charge in [0.15, 0.2) is 0 Å². The highest BCUT2D eigenvalue weighted by Crippen LogP contribution is 2.18. The van der Waals surface area contributed by atoms with E-state index in [9.17, 15) is 0 Å². The van der Waals surface area contributed by atoms with Crippen molar-refractivity contribution in [2.45, 2.75) is 19.4 Å². The lowest BCUT2D eigenvalue weighted by Crippen LogP contribution is -2.17. The summed E-state index contributed by atoms with van der Waals surface area (Å²) in [7, 11) is 1.99. The van der Waals surface area contributed by atoms with E-state index >= 15 is 0 Å². The molecule has 0 bridgehead atoms. The molecular formula is C10H17NOS. The molecule has 1 N–H and O–H groups in total. The molecule has 1 rings (SSSR count). The molecule has 0 spiro atoms. The first-order chi connectivity index (χ1) is 6.38. The molecule has 0 aliphatic rings. The van der Waals surface area contributed by atoms with Crippen LogP contribution in [0.4, 0.5) is 0 Å². The fourth-order valence-electron chi connectivity index (χ4n) is 1.30. The molecule has 13 heavy (non-hydrogen) atoms. The van der Waals surface area contributed by atoms with E-state index in [1.54, 1.807) is 11.3 Å². The lowest BCUT2D eigenvalue weighted by Gasteiger charge is -2.14. The number of hydrogen-bond donors (Lipinski definition) is 1.